The number of hydrogen-bond acceptors (Lipinski definition) is 3. The van der Waals surface area contributed by atoms with Crippen molar-refractivity contribution in [1.29, 1.82) is 0 Å². The van der Waals surface area contributed by atoms with Crippen LogP contribution in [0.5, 0.6) is 0 Å². The SMILES string of the molecule is CCOC1CC(NC(=O)C2CCCN2C(=O)C2CC2)C12CCCC2. The Morgan fingerprint density at radius 3 is 2.58 bits per heavy atom. The Morgan fingerprint density at radius 1 is 1.17 bits per heavy atom. The highest BCUT2D eigenvalue weighted by Gasteiger charge is 2.57. The first kappa shape index (κ1) is 16.4. The topological polar surface area (TPSA) is 58.6 Å². The molecule has 4 aliphatic rings. The molecule has 3 atom stereocenters. The molecule has 1 heterocycles. The molecule has 1 spiro atoms. The summed E-state index contributed by atoms with van der Waals surface area (Å²) in [6.45, 7) is 3.55. The van der Waals surface area contributed by atoms with Crippen molar-refractivity contribution in [3.8, 4) is 0 Å². The van der Waals surface area contributed by atoms with Gasteiger partial charge in [0.2, 0.25) is 11.8 Å². The van der Waals surface area contributed by atoms with Crippen LogP contribution in [0.1, 0.15) is 64.7 Å². The van der Waals surface area contributed by atoms with Gasteiger partial charge < -0.3 is 15.0 Å². The van der Waals surface area contributed by atoms with Gasteiger partial charge in [-0.05, 0) is 51.9 Å². The molecular formula is C19H30N2O3. The summed E-state index contributed by atoms with van der Waals surface area (Å²) >= 11 is 0. The van der Waals surface area contributed by atoms with Gasteiger partial charge in [0.15, 0.2) is 0 Å². The average molecular weight is 334 g/mol. The monoisotopic (exact) mass is 334 g/mol. The van der Waals surface area contributed by atoms with Crippen molar-refractivity contribution in [3.63, 3.8) is 0 Å². The van der Waals surface area contributed by atoms with Gasteiger partial charge >= 0.3 is 0 Å². The predicted octanol–water partition coefficient (Wildman–Crippen LogP) is 2.24. The normalized spacial score (nSPS) is 34.4. The summed E-state index contributed by atoms with van der Waals surface area (Å²) in [6, 6.07) is 0.00484. The fourth-order valence-electron chi connectivity index (χ4n) is 5.22. The molecule has 0 radical (unpaired) electrons. The summed E-state index contributed by atoms with van der Waals surface area (Å²) in [5, 5.41) is 3.31. The maximum Gasteiger partial charge on any atom is 0.243 e. The van der Waals surface area contributed by atoms with E-state index in [1.165, 1.54) is 12.8 Å². The van der Waals surface area contributed by atoms with E-state index in [1.807, 2.05) is 4.90 Å². The first-order chi connectivity index (χ1) is 11.7. The smallest absolute Gasteiger partial charge is 0.243 e. The van der Waals surface area contributed by atoms with Gasteiger partial charge in [-0.15, -0.1) is 0 Å². The molecule has 134 valence electrons. The Balaban J connectivity index is 1.39. The molecule has 4 rings (SSSR count). The van der Waals surface area contributed by atoms with Crippen LogP contribution in [0, 0.1) is 11.3 Å². The number of ether oxygens (including phenoxy) is 1. The second kappa shape index (κ2) is 6.32. The summed E-state index contributed by atoms with van der Waals surface area (Å²) in [7, 11) is 0. The lowest BCUT2D eigenvalue weighted by Gasteiger charge is -2.54. The zero-order chi connectivity index (χ0) is 16.7. The van der Waals surface area contributed by atoms with Crippen LogP contribution in [0.3, 0.4) is 0 Å². The van der Waals surface area contributed by atoms with E-state index in [0.717, 1.165) is 58.1 Å². The Hall–Kier alpha value is -1.10. The van der Waals surface area contributed by atoms with E-state index in [2.05, 4.69) is 12.2 Å². The molecule has 0 aromatic carbocycles. The van der Waals surface area contributed by atoms with E-state index in [1.54, 1.807) is 0 Å². The molecule has 5 heteroatoms. The molecule has 2 amide bonds. The Kier molecular flexibility index (Phi) is 4.31. The summed E-state index contributed by atoms with van der Waals surface area (Å²) < 4.78 is 5.94. The predicted molar refractivity (Wildman–Crippen MR) is 90.3 cm³/mol. The number of likely N-dealkylation sites (tertiary alicyclic amines) is 1. The molecule has 3 aliphatic carbocycles. The fourth-order valence-corrected chi connectivity index (χ4v) is 5.22. The molecule has 0 aromatic heterocycles. The lowest BCUT2D eigenvalue weighted by Crippen LogP contribution is -2.65. The third-order valence-electron chi connectivity index (χ3n) is 6.77. The zero-order valence-corrected chi connectivity index (χ0v) is 14.8. The minimum Gasteiger partial charge on any atom is -0.378 e. The van der Waals surface area contributed by atoms with E-state index < -0.39 is 0 Å². The van der Waals surface area contributed by atoms with Crippen molar-refractivity contribution in [2.24, 2.45) is 11.3 Å². The van der Waals surface area contributed by atoms with Crippen molar-refractivity contribution in [2.75, 3.05) is 13.2 Å². The average Bonchev–Trinajstić information content (AvgIpc) is 3.10. The van der Waals surface area contributed by atoms with Crippen molar-refractivity contribution >= 4 is 11.8 Å². The minimum atomic E-state index is -0.234. The van der Waals surface area contributed by atoms with Crippen LogP contribution >= 0.6 is 0 Å². The zero-order valence-electron chi connectivity index (χ0n) is 14.8. The van der Waals surface area contributed by atoms with Crippen LogP contribution in [0.15, 0.2) is 0 Å². The summed E-state index contributed by atoms with van der Waals surface area (Å²) in [6.07, 6.45) is 9.84. The van der Waals surface area contributed by atoms with Crippen molar-refractivity contribution in [1.82, 2.24) is 10.2 Å². The molecule has 0 aromatic rings. The molecule has 4 fully saturated rings. The van der Waals surface area contributed by atoms with Gasteiger partial charge in [-0.2, -0.15) is 0 Å². The van der Waals surface area contributed by atoms with Crippen LogP contribution in [0.25, 0.3) is 0 Å². The third-order valence-corrected chi connectivity index (χ3v) is 6.77. The number of nitrogens with zero attached hydrogens (tertiary/aromatic N) is 1. The largest absolute Gasteiger partial charge is 0.378 e. The van der Waals surface area contributed by atoms with Crippen LogP contribution in [-0.2, 0) is 14.3 Å². The highest BCUT2D eigenvalue weighted by atomic mass is 16.5. The second-order valence-corrected chi connectivity index (χ2v) is 8.15. The molecule has 3 saturated carbocycles. The molecule has 5 nitrogen and oxygen atoms in total. The van der Waals surface area contributed by atoms with Crippen molar-refractivity contribution in [3.05, 3.63) is 0 Å². The highest BCUT2D eigenvalue weighted by molar-refractivity contribution is 5.90. The Bertz CT molecular complexity index is 511. The number of carbonyl (C=O) groups is 2. The highest BCUT2D eigenvalue weighted by Crippen LogP contribution is 2.54. The van der Waals surface area contributed by atoms with Gasteiger partial charge in [0.25, 0.3) is 0 Å². The van der Waals surface area contributed by atoms with Gasteiger partial charge in [0, 0.05) is 30.5 Å². The fraction of sp³-hybridized carbons (Fsp3) is 0.895. The standard InChI is InChI=1S/C19H30N2O3/c1-2-24-16-12-15(19(16)9-3-4-10-19)20-17(22)14-6-5-11-21(14)18(23)13-7-8-13/h13-16H,2-12H2,1H3,(H,20,22). The minimum absolute atomic E-state index is 0.0766. The van der Waals surface area contributed by atoms with E-state index in [0.29, 0.717) is 6.10 Å². The first-order valence-electron chi connectivity index (χ1n) is 9.88. The maximum absolute atomic E-state index is 12.9. The van der Waals surface area contributed by atoms with E-state index >= 15 is 0 Å². The number of rotatable bonds is 5. The molecule has 1 N–H and O–H groups in total. The number of hydrogen-bond donors (Lipinski definition) is 1. The van der Waals surface area contributed by atoms with Gasteiger partial charge in [-0.3, -0.25) is 9.59 Å². The van der Waals surface area contributed by atoms with Gasteiger partial charge in [0.1, 0.15) is 6.04 Å². The lowest BCUT2D eigenvalue weighted by molar-refractivity contribution is -0.150. The van der Waals surface area contributed by atoms with E-state index in [4.69, 9.17) is 4.74 Å². The van der Waals surface area contributed by atoms with Crippen LogP contribution in [0.4, 0.5) is 0 Å². The van der Waals surface area contributed by atoms with Crippen LogP contribution < -0.4 is 5.32 Å². The van der Waals surface area contributed by atoms with Gasteiger partial charge in [0.05, 0.1) is 6.10 Å². The van der Waals surface area contributed by atoms with Crippen LogP contribution in [0.2, 0.25) is 0 Å². The second-order valence-electron chi connectivity index (χ2n) is 8.15. The van der Waals surface area contributed by atoms with E-state index in [9.17, 15) is 9.59 Å². The summed E-state index contributed by atoms with van der Waals surface area (Å²) in [4.78, 5) is 27.1. The molecule has 24 heavy (non-hydrogen) atoms. The molecule has 1 aliphatic heterocycles. The molecule has 0 bridgehead atoms. The van der Waals surface area contributed by atoms with Crippen molar-refractivity contribution < 1.29 is 14.3 Å². The Labute approximate surface area is 144 Å². The number of carbonyl (C=O) groups excluding carboxylic acids is 2. The third kappa shape index (κ3) is 2.65. The number of amides is 2. The van der Waals surface area contributed by atoms with E-state index in [-0.39, 0.29) is 35.2 Å². The molecule has 3 unspecified atom stereocenters. The van der Waals surface area contributed by atoms with Crippen molar-refractivity contribution in [2.45, 2.75) is 82.9 Å². The quantitative estimate of drug-likeness (QED) is 0.839. The lowest BCUT2D eigenvalue weighted by atomic mass is 9.60. The van der Waals surface area contributed by atoms with Crippen LogP contribution in [-0.4, -0.2) is 48.1 Å². The van der Waals surface area contributed by atoms with Gasteiger partial charge in [-0.1, -0.05) is 12.8 Å². The first-order valence-corrected chi connectivity index (χ1v) is 9.88. The Morgan fingerprint density at radius 2 is 1.92 bits per heavy atom. The van der Waals surface area contributed by atoms with Gasteiger partial charge in [-0.25, -0.2) is 0 Å². The summed E-state index contributed by atoms with van der Waals surface area (Å²) in [5.41, 5.74) is 0.162. The molecule has 1 saturated heterocycles. The maximum atomic E-state index is 12.9. The summed E-state index contributed by atoms with van der Waals surface area (Å²) in [5.74, 6) is 0.488. The molecular weight excluding hydrogens is 304 g/mol. The number of nitrogens with one attached hydrogen (secondary N) is 1.